The summed E-state index contributed by atoms with van der Waals surface area (Å²) in [5.41, 5.74) is -0.407. The van der Waals surface area contributed by atoms with Gasteiger partial charge in [-0.15, -0.1) is 11.3 Å². The molecular weight excluding hydrogens is 308 g/mol. The molecule has 2 aromatic heterocycles. The van der Waals surface area contributed by atoms with Gasteiger partial charge in [0, 0.05) is 17.5 Å². The van der Waals surface area contributed by atoms with Gasteiger partial charge in [0.25, 0.3) is 5.91 Å². The van der Waals surface area contributed by atoms with Crippen molar-refractivity contribution in [1.29, 1.82) is 0 Å². The van der Waals surface area contributed by atoms with Crippen LogP contribution < -0.4 is 16.2 Å². The minimum Gasteiger partial charge on any atom is -0.595 e. The lowest BCUT2D eigenvalue weighted by Gasteiger charge is -2.11. The van der Waals surface area contributed by atoms with Gasteiger partial charge < -0.3 is 14.9 Å². The van der Waals surface area contributed by atoms with Crippen LogP contribution in [0.2, 0.25) is 0 Å². The van der Waals surface area contributed by atoms with Gasteiger partial charge in [-0.25, -0.2) is 10.0 Å². The van der Waals surface area contributed by atoms with E-state index in [1.807, 2.05) is 0 Å². The van der Waals surface area contributed by atoms with Crippen molar-refractivity contribution in [3.63, 3.8) is 0 Å². The molecule has 3 aromatic rings. The van der Waals surface area contributed by atoms with Crippen molar-refractivity contribution in [2.75, 3.05) is 5.32 Å². The Kier molecular flexibility index (Phi) is 3.73. The number of nitrogens with one attached hydrogen (secondary N) is 2. The molecule has 3 N–H and O–H groups in total. The van der Waals surface area contributed by atoms with E-state index in [4.69, 9.17) is 9.62 Å². The summed E-state index contributed by atoms with van der Waals surface area (Å²) in [4.78, 5) is 24.3. The number of rotatable bonds is 3. The second-order valence-corrected chi connectivity index (χ2v) is 5.38. The van der Waals surface area contributed by atoms with Crippen molar-refractivity contribution < 1.29 is 19.6 Å². The van der Waals surface area contributed by atoms with E-state index >= 15 is 0 Å². The number of hydrogen-bond acceptors (Lipinski definition) is 6. The monoisotopic (exact) mass is 318 g/mol. The third-order valence-electron chi connectivity index (χ3n) is 2.97. The Bertz CT molecular complexity index is 886. The number of quaternary nitrogens is 1. The molecule has 3 rings (SSSR count). The fraction of sp³-hybridized carbons (Fsp3) is 0. The minimum atomic E-state index is -1.09. The third-order valence-corrected chi connectivity index (χ3v) is 3.84. The van der Waals surface area contributed by atoms with Crippen LogP contribution in [-0.4, -0.2) is 11.1 Å². The van der Waals surface area contributed by atoms with Gasteiger partial charge in [-0.05, 0) is 23.6 Å². The van der Waals surface area contributed by atoms with Gasteiger partial charge >= 0.3 is 5.63 Å². The van der Waals surface area contributed by atoms with Crippen LogP contribution in [0.3, 0.4) is 0 Å². The molecule has 0 aliphatic heterocycles. The highest BCUT2D eigenvalue weighted by molar-refractivity contribution is 7.12. The summed E-state index contributed by atoms with van der Waals surface area (Å²) in [5, 5.41) is 23.5. The van der Waals surface area contributed by atoms with Gasteiger partial charge in [-0.2, -0.15) is 5.23 Å². The molecule has 1 atom stereocenters. The van der Waals surface area contributed by atoms with Crippen molar-refractivity contribution in [2.45, 2.75) is 0 Å². The van der Waals surface area contributed by atoms with Crippen molar-refractivity contribution in [3.05, 3.63) is 62.3 Å². The number of carbonyl (C=O) groups is 1. The molecule has 0 aliphatic carbocycles. The summed E-state index contributed by atoms with van der Waals surface area (Å²) >= 11 is 1.24. The van der Waals surface area contributed by atoms with E-state index in [0.717, 1.165) is 0 Å². The van der Waals surface area contributed by atoms with Crippen LogP contribution in [-0.2, 0) is 0 Å². The number of amides is 1. The van der Waals surface area contributed by atoms with Crippen molar-refractivity contribution in [1.82, 2.24) is 0 Å². The highest BCUT2D eigenvalue weighted by Crippen LogP contribution is 2.19. The second-order valence-electron chi connectivity index (χ2n) is 4.44. The van der Waals surface area contributed by atoms with E-state index in [9.17, 15) is 14.8 Å². The van der Waals surface area contributed by atoms with E-state index in [0.29, 0.717) is 10.3 Å². The van der Waals surface area contributed by atoms with Crippen molar-refractivity contribution in [3.8, 4) is 0 Å². The quantitative estimate of drug-likeness (QED) is 0.501. The first kappa shape index (κ1) is 14.4. The molecule has 0 bridgehead atoms. The maximum atomic E-state index is 12.0. The molecule has 112 valence electrons. The maximum Gasteiger partial charge on any atom is 0.360 e. The van der Waals surface area contributed by atoms with Gasteiger partial charge in [-0.3, -0.25) is 4.79 Å². The number of thiophene rings is 1. The normalized spacial score (nSPS) is 12.3. The van der Waals surface area contributed by atoms with Crippen LogP contribution in [0, 0.1) is 5.21 Å². The van der Waals surface area contributed by atoms with E-state index in [2.05, 4.69) is 5.32 Å². The standard InChI is InChI=1S/C14H10N2O5S/c17-13(12-2-1-5-22-12)15-10-7-8-6-9(16(19)20)3-4-11(8)21-14(10)18/h1-7,16,19H,(H,15,17). The summed E-state index contributed by atoms with van der Waals surface area (Å²) in [6.45, 7) is 0. The molecule has 0 spiro atoms. The van der Waals surface area contributed by atoms with Gasteiger partial charge in [-0.1, -0.05) is 6.07 Å². The van der Waals surface area contributed by atoms with Crippen LogP contribution in [0.1, 0.15) is 9.67 Å². The average Bonchev–Trinajstić information content (AvgIpc) is 3.01. The van der Waals surface area contributed by atoms with E-state index in [1.54, 1.807) is 17.5 Å². The number of fused-ring (bicyclic) bond motifs is 1. The molecule has 0 saturated heterocycles. The Balaban J connectivity index is 2.00. The molecule has 0 fully saturated rings. The Morgan fingerprint density at radius 2 is 2.14 bits per heavy atom. The van der Waals surface area contributed by atoms with Crippen molar-refractivity contribution in [2.24, 2.45) is 0 Å². The molecule has 0 radical (unpaired) electrons. The molecule has 1 unspecified atom stereocenters. The lowest BCUT2D eigenvalue weighted by molar-refractivity contribution is -0.991. The first-order chi connectivity index (χ1) is 10.5. The molecule has 22 heavy (non-hydrogen) atoms. The number of hydrogen-bond donors (Lipinski definition) is 3. The third kappa shape index (κ3) is 2.76. The highest BCUT2D eigenvalue weighted by Gasteiger charge is 2.12. The molecule has 0 aliphatic rings. The lowest BCUT2D eigenvalue weighted by atomic mass is 10.2. The molecule has 1 amide bonds. The minimum absolute atomic E-state index is 0.0339. The second kappa shape index (κ2) is 5.70. The van der Waals surface area contributed by atoms with Crippen molar-refractivity contribution >= 4 is 39.6 Å². The van der Waals surface area contributed by atoms with Gasteiger partial charge in [0.05, 0.1) is 4.88 Å². The topological polar surface area (TPSA) is 107 Å². The van der Waals surface area contributed by atoms with E-state index in [1.165, 1.54) is 35.6 Å². The molecule has 8 heteroatoms. The van der Waals surface area contributed by atoms with Crippen LogP contribution in [0.25, 0.3) is 11.0 Å². The van der Waals surface area contributed by atoms with Gasteiger partial charge in [0.1, 0.15) is 11.3 Å². The maximum absolute atomic E-state index is 12.0. The average molecular weight is 318 g/mol. The molecule has 2 heterocycles. The SMILES string of the molecule is O=C(Nc1cc2cc([NH+]([O-])O)ccc2oc1=O)c1cccs1. The smallest absolute Gasteiger partial charge is 0.360 e. The predicted molar refractivity (Wildman–Crippen MR) is 80.5 cm³/mol. The highest BCUT2D eigenvalue weighted by atomic mass is 32.1. The predicted octanol–water partition coefficient (Wildman–Crippen LogP) is 1.51. The zero-order valence-corrected chi connectivity index (χ0v) is 11.8. The van der Waals surface area contributed by atoms with Crippen LogP contribution in [0.15, 0.2) is 51.0 Å². The number of carbonyl (C=O) groups excluding carboxylic acids is 1. The Morgan fingerprint density at radius 1 is 1.32 bits per heavy atom. The van der Waals surface area contributed by atoms with Gasteiger partial charge in [0.2, 0.25) is 0 Å². The number of benzene rings is 1. The number of anilines is 1. The Labute approximate surface area is 127 Å². The largest absolute Gasteiger partial charge is 0.595 e. The fourth-order valence-electron chi connectivity index (χ4n) is 1.94. The Hall–Kier alpha value is -2.52. The van der Waals surface area contributed by atoms with Gasteiger partial charge in [0.15, 0.2) is 5.69 Å². The fourth-order valence-corrected chi connectivity index (χ4v) is 2.55. The first-order valence-electron chi connectivity index (χ1n) is 6.20. The van der Waals surface area contributed by atoms with Crippen LogP contribution >= 0.6 is 11.3 Å². The molecule has 1 aromatic carbocycles. The summed E-state index contributed by atoms with van der Waals surface area (Å²) < 4.78 is 5.09. The summed E-state index contributed by atoms with van der Waals surface area (Å²) in [6, 6.07) is 8.88. The van der Waals surface area contributed by atoms with E-state index < -0.39 is 16.8 Å². The zero-order chi connectivity index (χ0) is 15.7. The summed E-state index contributed by atoms with van der Waals surface area (Å²) in [7, 11) is 0. The van der Waals surface area contributed by atoms with E-state index in [-0.39, 0.29) is 17.0 Å². The van der Waals surface area contributed by atoms with Crippen LogP contribution in [0.5, 0.6) is 0 Å². The Morgan fingerprint density at radius 3 is 2.82 bits per heavy atom. The zero-order valence-electron chi connectivity index (χ0n) is 11.0. The molecule has 0 saturated carbocycles. The van der Waals surface area contributed by atoms with Crippen LogP contribution in [0.4, 0.5) is 11.4 Å². The summed E-state index contributed by atoms with van der Waals surface area (Å²) in [5.74, 6) is -0.420. The molecular formula is C14H10N2O5S. The first-order valence-corrected chi connectivity index (χ1v) is 7.08. The summed E-state index contributed by atoms with van der Waals surface area (Å²) in [6.07, 6.45) is 0. The molecule has 7 nitrogen and oxygen atoms in total. The lowest BCUT2D eigenvalue weighted by Crippen LogP contribution is -2.99.